The molecule has 1 aromatic rings. The van der Waals surface area contributed by atoms with Crippen LogP contribution in [0.4, 0.5) is 5.69 Å². The predicted molar refractivity (Wildman–Crippen MR) is 86.7 cm³/mol. The fraction of sp³-hybridized carbons (Fsp3) is 0.500. The van der Waals surface area contributed by atoms with Gasteiger partial charge < -0.3 is 25.4 Å². The smallest absolute Gasteiger partial charge is 0.120 e. The van der Waals surface area contributed by atoms with Crippen LogP contribution in [0.1, 0.15) is 5.56 Å². The number of hydrogen-bond acceptors (Lipinski definition) is 5. The highest BCUT2D eigenvalue weighted by Crippen LogP contribution is 2.22. The lowest BCUT2D eigenvalue weighted by molar-refractivity contribution is 0.126. The molecule has 0 aliphatic rings. The summed E-state index contributed by atoms with van der Waals surface area (Å²) in [7, 11) is 5.67. The number of methoxy groups -OCH3 is 1. The van der Waals surface area contributed by atoms with Crippen molar-refractivity contribution in [2.24, 2.45) is 5.73 Å². The van der Waals surface area contributed by atoms with Crippen LogP contribution in [-0.2, 0) is 4.74 Å². The summed E-state index contributed by atoms with van der Waals surface area (Å²) in [6, 6.07) is 5.58. The summed E-state index contributed by atoms with van der Waals surface area (Å²) in [6.07, 6.45) is 0. The lowest BCUT2D eigenvalue weighted by Crippen LogP contribution is -2.20. The van der Waals surface area contributed by atoms with Crippen molar-refractivity contribution in [3.8, 4) is 5.75 Å². The van der Waals surface area contributed by atoms with E-state index in [1.54, 1.807) is 7.11 Å². The van der Waals surface area contributed by atoms with Crippen molar-refractivity contribution >= 4 is 22.9 Å². The molecule has 20 heavy (non-hydrogen) atoms. The van der Waals surface area contributed by atoms with Crippen molar-refractivity contribution in [3.63, 3.8) is 0 Å². The van der Waals surface area contributed by atoms with Gasteiger partial charge in [-0.2, -0.15) is 0 Å². The van der Waals surface area contributed by atoms with E-state index < -0.39 is 0 Å². The van der Waals surface area contributed by atoms with Gasteiger partial charge in [0, 0.05) is 30.4 Å². The van der Waals surface area contributed by atoms with E-state index in [0.29, 0.717) is 18.1 Å². The van der Waals surface area contributed by atoms with Gasteiger partial charge in [-0.25, -0.2) is 0 Å². The van der Waals surface area contributed by atoms with Crippen LogP contribution in [0.3, 0.4) is 0 Å². The summed E-state index contributed by atoms with van der Waals surface area (Å²) in [6.45, 7) is 2.95. The van der Waals surface area contributed by atoms with Gasteiger partial charge in [0.2, 0.25) is 0 Å². The van der Waals surface area contributed by atoms with Gasteiger partial charge in [0.15, 0.2) is 0 Å². The van der Waals surface area contributed by atoms with Gasteiger partial charge >= 0.3 is 0 Å². The van der Waals surface area contributed by atoms with E-state index in [4.69, 9.17) is 27.4 Å². The molecule has 0 radical (unpaired) electrons. The molecule has 0 spiro atoms. The number of nitrogens with two attached hydrogens (primary N) is 1. The molecular formula is C14H23N3O2S. The van der Waals surface area contributed by atoms with Crippen LogP contribution < -0.4 is 15.8 Å². The number of benzene rings is 1. The van der Waals surface area contributed by atoms with E-state index in [0.717, 1.165) is 30.2 Å². The summed E-state index contributed by atoms with van der Waals surface area (Å²) in [5.41, 5.74) is 7.39. The zero-order valence-electron chi connectivity index (χ0n) is 12.3. The molecule has 0 aromatic heterocycles. The van der Waals surface area contributed by atoms with E-state index in [2.05, 4.69) is 10.2 Å². The Kier molecular flexibility index (Phi) is 7.28. The lowest BCUT2D eigenvalue weighted by atomic mass is 10.1. The van der Waals surface area contributed by atoms with Gasteiger partial charge in [0.05, 0.1) is 20.3 Å². The molecule has 0 saturated heterocycles. The summed E-state index contributed by atoms with van der Waals surface area (Å²) in [5, 5.41) is 3.27. The highest BCUT2D eigenvalue weighted by atomic mass is 32.1. The minimum absolute atomic E-state index is 0.365. The van der Waals surface area contributed by atoms with Gasteiger partial charge in [0.1, 0.15) is 10.7 Å². The minimum Gasteiger partial charge on any atom is -0.497 e. The topological polar surface area (TPSA) is 59.8 Å². The number of hydrogen-bond donors (Lipinski definition) is 2. The lowest BCUT2D eigenvalue weighted by Gasteiger charge is -2.14. The van der Waals surface area contributed by atoms with Gasteiger partial charge in [-0.15, -0.1) is 0 Å². The predicted octanol–water partition coefficient (Wildman–Crippen LogP) is 1.32. The SMILES string of the molecule is COc1ccc(C(N)=S)c(NCCOCCN(C)C)c1. The van der Waals surface area contributed by atoms with Crippen molar-refractivity contribution in [3.05, 3.63) is 23.8 Å². The minimum atomic E-state index is 0.365. The van der Waals surface area contributed by atoms with Crippen LogP contribution in [-0.4, -0.2) is 57.4 Å². The molecule has 6 heteroatoms. The summed E-state index contributed by atoms with van der Waals surface area (Å²) in [5.74, 6) is 0.765. The Morgan fingerprint density at radius 2 is 2.10 bits per heavy atom. The van der Waals surface area contributed by atoms with Crippen LogP contribution in [0.25, 0.3) is 0 Å². The number of rotatable bonds is 9. The molecule has 1 aromatic carbocycles. The Balaban J connectivity index is 2.47. The molecule has 0 atom stereocenters. The van der Waals surface area contributed by atoms with Crippen LogP contribution in [0.5, 0.6) is 5.75 Å². The van der Waals surface area contributed by atoms with E-state index in [1.807, 2.05) is 32.3 Å². The number of likely N-dealkylation sites (N-methyl/N-ethyl adjacent to an activating group) is 1. The van der Waals surface area contributed by atoms with Gasteiger partial charge in [-0.1, -0.05) is 12.2 Å². The molecule has 0 unspecified atom stereocenters. The maximum Gasteiger partial charge on any atom is 0.120 e. The third-order valence-corrected chi connectivity index (χ3v) is 2.96. The molecule has 5 nitrogen and oxygen atoms in total. The molecule has 0 aliphatic carbocycles. The zero-order valence-corrected chi connectivity index (χ0v) is 13.1. The Labute approximate surface area is 126 Å². The number of nitrogens with one attached hydrogen (secondary N) is 1. The summed E-state index contributed by atoms with van der Waals surface area (Å²) in [4.78, 5) is 2.45. The van der Waals surface area contributed by atoms with Crippen LogP contribution >= 0.6 is 12.2 Å². The van der Waals surface area contributed by atoms with Gasteiger partial charge in [-0.05, 0) is 26.2 Å². The highest BCUT2D eigenvalue weighted by Gasteiger charge is 2.06. The first-order valence-electron chi connectivity index (χ1n) is 6.48. The highest BCUT2D eigenvalue weighted by molar-refractivity contribution is 7.80. The molecule has 0 fully saturated rings. The first-order valence-corrected chi connectivity index (χ1v) is 6.89. The number of anilines is 1. The van der Waals surface area contributed by atoms with Crippen LogP contribution in [0, 0.1) is 0 Å². The second kappa shape index (κ2) is 8.73. The molecular weight excluding hydrogens is 274 g/mol. The molecule has 0 aliphatic heterocycles. The molecule has 112 valence electrons. The third-order valence-electron chi connectivity index (χ3n) is 2.74. The Bertz CT molecular complexity index is 438. The Hall–Kier alpha value is -1.37. The van der Waals surface area contributed by atoms with Crippen molar-refractivity contribution < 1.29 is 9.47 Å². The largest absolute Gasteiger partial charge is 0.497 e. The van der Waals surface area contributed by atoms with E-state index >= 15 is 0 Å². The number of nitrogens with zero attached hydrogens (tertiary/aromatic N) is 1. The normalized spacial score (nSPS) is 10.6. The first-order chi connectivity index (χ1) is 9.54. The Morgan fingerprint density at radius 3 is 2.70 bits per heavy atom. The maximum absolute atomic E-state index is 5.71. The number of thiocarbonyl (C=S) groups is 1. The van der Waals surface area contributed by atoms with Gasteiger partial charge in [0.25, 0.3) is 0 Å². The summed E-state index contributed by atoms with van der Waals surface area (Å²) < 4.78 is 10.7. The summed E-state index contributed by atoms with van der Waals surface area (Å²) >= 11 is 5.04. The molecule has 0 bridgehead atoms. The van der Waals surface area contributed by atoms with E-state index in [-0.39, 0.29) is 0 Å². The van der Waals surface area contributed by atoms with E-state index in [9.17, 15) is 0 Å². The van der Waals surface area contributed by atoms with Crippen molar-refractivity contribution in [1.29, 1.82) is 0 Å². The molecule has 0 saturated carbocycles. The van der Waals surface area contributed by atoms with Crippen molar-refractivity contribution in [1.82, 2.24) is 4.90 Å². The maximum atomic E-state index is 5.71. The Morgan fingerprint density at radius 1 is 1.35 bits per heavy atom. The molecule has 3 N–H and O–H groups in total. The second-order valence-corrected chi connectivity index (χ2v) is 5.06. The van der Waals surface area contributed by atoms with Crippen LogP contribution in [0.15, 0.2) is 18.2 Å². The average molecular weight is 297 g/mol. The van der Waals surface area contributed by atoms with Crippen LogP contribution in [0.2, 0.25) is 0 Å². The van der Waals surface area contributed by atoms with E-state index in [1.165, 1.54) is 0 Å². The molecule has 1 rings (SSSR count). The standard InChI is InChI=1S/C14H23N3O2S/c1-17(2)7-9-19-8-6-16-13-10-11(18-3)4-5-12(13)14(15)20/h4-5,10,16H,6-9H2,1-3H3,(H2,15,20). The average Bonchev–Trinajstić information content (AvgIpc) is 2.41. The third kappa shape index (κ3) is 5.73. The fourth-order valence-corrected chi connectivity index (χ4v) is 1.80. The molecule has 0 heterocycles. The zero-order chi connectivity index (χ0) is 15.0. The second-order valence-electron chi connectivity index (χ2n) is 4.62. The number of ether oxygens (including phenoxy) is 2. The fourth-order valence-electron chi connectivity index (χ4n) is 1.62. The van der Waals surface area contributed by atoms with Gasteiger partial charge in [-0.3, -0.25) is 0 Å². The molecule has 0 amide bonds. The first kappa shape index (κ1) is 16.7. The van der Waals surface area contributed by atoms with Crippen molar-refractivity contribution in [2.75, 3.05) is 52.8 Å². The quantitative estimate of drug-likeness (QED) is 0.529. The monoisotopic (exact) mass is 297 g/mol. The van der Waals surface area contributed by atoms with Crippen molar-refractivity contribution in [2.45, 2.75) is 0 Å².